The topological polar surface area (TPSA) is 46.5 Å². The van der Waals surface area contributed by atoms with Crippen molar-refractivity contribution in [3.63, 3.8) is 0 Å². The molecule has 0 fully saturated rings. The van der Waals surface area contributed by atoms with E-state index >= 15 is 0 Å². The molecular weight excluding hydrogens is 364 g/mol. The first kappa shape index (κ1) is 18.6. The van der Waals surface area contributed by atoms with Crippen molar-refractivity contribution in [3.05, 3.63) is 95.1 Å². The van der Waals surface area contributed by atoms with Gasteiger partial charge in [-0.25, -0.2) is 4.21 Å². The molecule has 3 nitrogen and oxygen atoms in total. The largest absolute Gasteiger partial charge is 0.489 e. The lowest BCUT2D eigenvalue weighted by Crippen LogP contribution is -2.00. The molecule has 0 bridgehead atoms. The smallest absolute Gasteiger partial charge is 0.171 e. The van der Waals surface area contributed by atoms with Gasteiger partial charge in [-0.1, -0.05) is 48.5 Å². The van der Waals surface area contributed by atoms with Gasteiger partial charge in [-0.15, -0.1) is 0 Å². The van der Waals surface area contributed by atoms with Gasteiger partial charge in [0.2, 0.25) is 0 Å². The fourth-order valence-corrected chi connectivity index (χ4v) is 3.51. The molecule has 0 amide bonds. The molecule has 1 atom stereocenters. The molecule has 0 radical (unpaired) electrons. The average Bonchev–Trinajstić information content (AvgIpc) is 2.63. The van der Waals surface area contributed by atoms with E-state index in [1.807, 2.05) is 67.6 Å². The van der Waals surface area contributed by atoms with E-state index in [0.29, 0.717) is 13.0 Å². The van der Waals surface area contributed by atoms with Crippen molar-refractivity contribution in [1.82, 2.24) is 0 Å². The van der Waals surface area contributed by atoms with Crippen LogP contribution in [0, 0.1) is 6.92 Å². The van der Waals surface area contributed by atoms with Crippen molar-refractivity contribution in [2.45, 2.75) is 24.8 Å². The molecule has 26 heavy (non-hydrogen) atoms. The van der Waals surface area contributed by atoms with E-state index in [2.05, 4.69) is 11.2 Å². The third-order valence-electron chi connectivity index (χ3n) is 4.18. The molecule has 0 saturated carbocycles. The van der Waals surface area contributed by atoms with Gasteiger partial charge in [-0.3, -0.25) is 0 Å². The fraction of sp³-hybridized carbons (Fsp3) is 0.143. The molecule has 5 heteroatoms. The van der Waals surface area contributed by atoms with Gasteiger partial charge in [-0.2, -0.15) is 0 Å². The Morgan fingerprint density at radius 2 is 1.65 bits per heavy atom. The molecule has 0 aliphatic heterocycles. The quantitative estimate of drug-likeness (QED) is 0.667. The summed E-state index contributed by atoms with van der Waals surface area (Å²) < 4.78 is 27.1. The van der Waals surface area contributed by atoms with Crippen LogP contribution in [0.15, 0.2) is 77.7 Å². The standard InChI is InChI=1S/C21H20O3S2/c1-16-7-12-21(26(22,23)25)14-19(16)13-17-8-10-20(11-9-17)24-15-18-5-3-2-4-6-18/h2-12,14H,13,15H2,1H3,(H,22,23,25). The number of ether oxygens (including phenoxy) is 1. The maximum atomic E-state index is 11.7. The highest BCUT2D eigenvalue weighted by molar-refractivity contribution is 8.29. The van der Waals surface area contributed by atoms with Crippen LogP contribution in [0.4, 0.5) is 0 Å². The highest BCUT2D eigenvalue weighted by atomic mass is 32.8. The van der Waals surface area contributed by atoms with Crippen LogP contribution in [0.25, 0.3) is 0 Å². The van der Waals surface area contributed by atoms with Crippen LogP contribution in [-0.2, 0) is 33.0 Å². The first-order chi connectivity index (χ1) is 12.4. The Kier molecular flexibility index (Phi) is 5.71. The number of hydrogen-bond donors (Lipinski definition) is 1. The molecule has 3 aromatic rings. The summed E-state index contributed by atoms with van der Waals surface area (Å²) in [5.74, 6) is 0.812. The molecule has 3 aromatic carbocycles. The summed E-state index contributed by atoms with van der Waals surface area (Å²) in [7, 11) is -3.36. The SMILES string of the molecule is Cc1ccc(S(=O)(O)=S)cc1Cc1ccc(OCc2ccccc2)cc1. The van der Waals surface area contributed by atoms with Crippen molar-refractivity contribution in [3.8, 4) is 5.75 Å². The number of benzene rings is 3. The molecule has 3 rings (SSSR count). The Bertz CT molecular complexity index is 980. The molecular formula is C21H20O3S2. The Labute approximate surface area is 159 Å². The Balaban J connectivity index is 1.70. The Morgan fingerprint density at radius 3 is 2.31 bits per heavy atom. The fourth-order valence-electron chi connectivity index (χ4n) is 2.66. The molecule has 0 aliphatic rings. The zero-order valence-electron chi connectivity index (χ0n) is 14.4. The molecule has 1 unspecified atom stereocenters. The zero-order valence-corrected chi connectivity index (χ0v) is 16.1. The van der Waals surface area contributed by atoms with E-state index in [0.717, 1.165) is 28.0 Å². The van der Waals surface area contributed by atoms with E-state index in [4.69, 9.17) is 4.74 Å². The van der Waals surface area contributed by atoms with Crippen LogP contribution < -0.4 is 4.74 Å². The van der Waals surface area contributed by atoms with Crippen molar-refractivity contribution in [1.29, 1.82) is 0 Å². The number of rotatable bonds is 6. The van der Waals surface area contributed by atoms with E-state index in [-0.39, 0.29) is 4.90 Å². The van der Waals surface area contributed by atoms with Crippen LogP contribution >= 0.6 is 0 Å². The lowest BCUT2D eigenvalue weighted by Gasteiger charge is -2.10. The van der Waals surface area contributed by atoms with Gasteiger partial charge in [0.05, 0.1) is 4.90 Å². The van der Waals surface area contributed by atoms with E-state index in [1.165, 1.54) is 0 Å². The van der Waals surface area contributed by atoms with Gasteiger partial charge in [0, 0.05) is 11.2 Å². The van der Waals surface area contributed by atoms with Gasteiger partial charge in [-0.05, 0) is 59.9 Å². The van der Waals surface area contributed by atoms with Crippen LogP contribution in [0.3, 0.4) is 0 Å². The van der Waals surface area contributed by atoms with Crippen molar-refractivity contribution < 1.29 is 13.5 Å². The summed E-state index contributed by atoms with van der Waals surface area (Å²) in [6, 6.07) is 23.1. The van der Waals surface area contributed by atoms with Gasteiger partial charge < -0.3 is 9.29 Å². The van der Waals surface area contributed by atoms with E-state index < -0.39 is 8.77 Å². The Morgan fingerprint density at radius 1 is 0.962 bits per heavy atom. The third-order valence-corrected chi connectivity index (χ3v) is 5.61. The monoisotopic (exact) mass is 384 g/mol. The molecule has 0 heterocycles. The van der Waals surface area contributed by atoms with Crippen LogP contribution in [0.5, 0.6) is 5.75 Å². The minimum atomic E-state index is -3.36. The summed E-state index contributed by atoms with van der Waals surface area (Å²) in [6.45, 7) is 2.52. The number of hydrogen-bond acceptors (Lipinski definition) is 3. The van der Waals surface area contributed by atoms with E-state index in [9.17, 15) is 8.76 Å². The maximum absolute atomic E-state index is 11.7. The van der Waals surface area contributed by atoms with E-state index in [1.54, 1.807) is 12.1 Å². The van der Waals surface area contributed by atoms with Crippen LogP contribution in [0.2, 0.25) is 0 Å². The Hall–Kier alpha value is -2.21. The van der Waals surface area contributed by atoms with Gasteiger partial charge >= 0.3 is 0 Å². The summed E-state index contributed by atoms with van der Waals surface area (Å²) in [6.07, 6.45) is 0.670. The predicted molar refractivity (Wildman–Crippen MR) is 108 cm³/mol. The minimum absolute atomic E-state index is 0.288. The molecule has 0 saturated heterocycles. The normalized spacial score (nSPS) is 13.2. The first-order valence-corrected chi connectivity index (χ1v) is 10.7. The molecule has 134 valence electrons. The van der Waals surface area contributed by atoms with Gasteiger partial charge in [0.15, 0.2) is 8.77 Å². The lowest BCUT2D eigenvalue weighted by atomic mass is 10.0. The highest BCUT2D eigenvalue weighted by Crippen LogP contribution is 2.21. The second-order valence-corrected chi connectivity index (χ2v) is 8.94. The predicted octanol–water partition coefficient (Wildman–Crippen LogP) is 4.74. The molecule has 0 aromatic heterocycles. The second kappa shape index (κ2) is 7.99. The molecule has 0 spiro atoms. The van der Waals surface area contributed by atoms with Crippen molar-refractivity contribution in [2.24, 2.45) is 0 Å². The summed E-state index contributed by atoms with van der Waals surface area (Å²) >= 11 is 4.67. The average molecular weight is 385 g/mol. The van der Waals surface area contributed by atoms with Crippen LogP contribution in [-0.4, -0.2) is 8.76 Å². The summed E-state index contributed by atoms with van der Waals surface area (Å²) in [5.41, 5.74) is 4.29. The molecule has 1 N–H and O–H groups in total. The van der Waals surface area contributed by atoms with Gasteiger partial charge in [0.25, 0.3) is 0 Å². The summed E-state index contributed by atoms with van der Waals surface area (Å²) in [5, 5.41) is 0. The third kappa shape index (κ3) is 4.91. The van der Waals surface area contributed by atoms with Crippen LogP contribution in [0.1, 0.15) is 22.3 Å². The number of aryl methyl sites for hydroxylation is 1. The first-order valence-electron chi connectivity index (χ1n) is 8.24. The minimum Gasteiger partial charge on any atom is -0.489 e. The summed E-state index contributed by atoms with van der Waals surface area (Å²) in [4.78, 5) is 0.288. The second-order valence-electron chi connectivity index (χ2n) is 6.16. The highest BCUT2D eigenvalue weighted by Gasteiger charge is 2.09. The zero-order chi connectivity index (χ0) is 18.6. The van der Waals surface area contributed by atoms with Gasteiger partial charge in [0.1, 0.15) is 12.4 Å². The van der Waals surface area contributed by atoms with Crippen molar-refractivity contribution >= 4 is 20.0 Å². The van der Waals surface area contributed by atoms with Crippen molar-refractivity contribution in [2.75, 3.05) is 0 Å². The molecule has 0 aliphatic carbocycles. The lowest BCUT2D eigenvalue weighted by molar-refractivity contribution is 0.306. The maximum Gasteiger partial charge on any atom is 0.171 e.